The summed E-state index contributed by atoms with van der Waals surface area (Å²) < 4.78 is 5.69. The molecule has 0 aliphatic heterocycles. The maximum atomic E-state index is 12.1. The van der Waals surface area contributed by atoms with E-state index >= 15 is 0 Å². The topological polar surface area (TPSA) is 63.6 Å². The minimum Gasteiger partial charge on any atom is -0.481 e. The molecule has 1 N–H and O–H groups in total. The van der Waals surface area contributed by atoms with Crippen LogP contribution in [-0.4, -0.2) is 23.1 Å². The van der Waals surface area contributed by atoms with Crippen molar-refractivity contribution in [1.29, 1.82) is 0 Å². The number of carbonyl (C=O) groups is 2. The van der Waals surface area contributed by atoms with E-state index in [4.69, 9.17) is 4.74 Å². The van der Waals surface area contributed by atoms with E-state index in [1.165, 1.54) is 18.1 Å². The van der Waals surface area contributed by atoms with Crippen LogP contribution in [-0.2, 0) is 14.3 Å². The van der Waals surface area contributed by atoms with Crippen LogP contribution in [0.15, 0.2) is 23.3 Å². The second-order valence-corrected chi connectivity index (χ2v) is 9.26. The number of ether oxygens (including phenoxy) is 1. The van der Waals surface area contributed by atoms with Gasteiger partial charge in [-0.25, -0.2) is 0 Å². The zero-order valence-corrected chi connectivity index (χ0v) is 16.7. The Kier molecular flexibility index (Phi) is 4.83. The molecule has 0 aromatic carbocycles. The molecular weight excluding hydrogens is 328 g/mol. The number of hydrogen-bond donors (Lipinski definition) is 1. The van der Waals surface area contributed by atoms with Crippen molar-refractivity contribution in [1.82, 2.24) is 0 Å². The first-order valence-electron chi connectivity index (χ1n) is 9.91. The van der Waals surface area contributed by atoms with Crippen molar-refractivity contribution in [3.05, 3.63) is 23.3 Å². The van der Waals surface area contributed by atoms with Gasteiger partial charge in [-0.05, 0) is 66.9 Å². The Labute approximate surface area is 156 Å². The van der Waals surface area contributed by atoms with Crippen LogP contribution in [0.5, 0.6) is 0 Å². The predicted molar refractivity (Wildman–Crippen MR) is 100 cm³/mol. The van der Waals surface area contributed by atoms with Gasteiger partial charge in [0.2, 0.25) is 0 Å². The van der Waals surface area contributed by atoms with Crippen LogP contribution in [0, 0.1) is 28.6 Å². The highest BCUT2D eigenvalue weighted by molar-refractivity contribution is 5.75. The Balaban J connectivity index is 2.03. The molecule has 5 atom stereocenters. The molecule has 0 bridgehead atoms. The first kappa shape index (κ1) is 19.2. The number of rotatable bonds is 3. The van der Waals surface area contributed by atoms with E-state index in [-0.39, 0.29) is 29.3 Å². The summed E-state index contributed by atoms with van der Waals surface area (Å²) in [7, 11) is 0. The fourth-order valence-electron chi connectivity index (χ4n) is 5.95. The van der Waals surface area contributed by atoms with E-state index in [1.807, 2.05) is 6.92 Å². The Morgan fingerprint density at radius 2 is 1.96 bits per heavy atom. The Hall–Kier alpha value is -1.58. The number of esters is 1. The van der Waals surface area contributed by atoms with E-state index < -0.39 is 11.4 Å². The number of hydrogen-bond acceptors (Lipinski definition) is 3. The molecule has 4 nitrogen and oxygen atoms in total. The number of fused-ring (bicyclic) bond motifs is 3. The van der Waals surface area contributed by atoms with Crippen LogP contribution in [0.2, 0.25) is 0 Å². The van der Waals surface area contributed by atoms with Gasteiger partial charge in [-0.15, -0.1) is 0 Å². The third-order valence-corrected chi connectivity index (χ3v) is 7.38. The molecule has 3 rings (SSSR count). The molecule has 0 radical (unpaired) electrons. The van der Waals surface area contributed by atoms with Crippen molar-refractivity contribution in [2.24, 2.45) is 28.6 Å². The monoisotopic (exact) mass is 360 g/mol. The van der Waals surface area contributed by atoms with Crippen LogP contribution in [0.1, 0.15) is 66.7 Å². The van der Waals surface area contributed by atoms with Crippen LogP contribution < -0.4 is 0 Å². The molecule has 0 saturated heterocycles. The molecule has 0 amide bonds. The van der Waals surface area contributed by atoms with E-state index in [1.54, 1.807) is 0 Å². The maximum Gasteiger partial charge on any atom is 0.309 e. The van der Waals surface area contributed by atoms with Crippen molar-refractivity contribution in [3.63, 3.8) is 0 Å². The molecule has 0 spiro atoms. The van der Waals surface area contributed by atoms with Crippen molar-refractivity contribution < 1.29 is 19.4 Å². The molecule has 1 fully saturated rings. The summed E-state index contributed by atoms with van der Waals surface area (Å²) >= 11 is 0. The lowest BCUT2D eigenvalue weighted by Gasteiger charge is -2.57. The minimum absolute atomic E-state index is 0.0626. The molecule has 3 aliphatic carbocycles. The zero-order valence-electron chi connectivity index (χ0n) is 16.7. The predicted octanol–water partition coefficient (Wildman–Crippen LogP) is 4.75. The molecule has 1 saturated carbocycles. The van der Waals surface area contributed by atoms with Gasteiger partial charge in [-0.3, -0.25) is 9.59 Å². The third kappa shape index (κ3) is 2.91. The quantitative estimate of drug-likeness (QED) is 0.738. The molecule has 26 heavy (non-hydrogen) atoms. The largest absolute Gasteiger partial charge is 0.481 e. The van der Waals surface area contributed by atoms with Gasteiger partial charge in [0.05, 0.1) is 5.41 Å². The average molecular weight is 360 g/mol. The van der Waals surface area contributed by atoms with Gasteiger partial charge in [-0.2, -0.15) is 0 Å². The average Bonchev–Trinajstić information content (AvgIpc) is 2.53. The first-order chi connectivity index (χ1) is 12.1. The van der Waals surface area contributed by atoms with Crippen molar-refractivity contribution >= 4 is 11.9 Å². The molecule has 0 heterocycles. The molecule has 3 aliphatic rings. The van der Waals surface area contributed by atoms with Gasteiger partial charge in [0.1, 0.15) is 6.10 Å². The van der Waals surface area contributed by atoms with Gasteiger partial charge >= 0.3 is 11.9 Å². The molecule has 0 aromatic rings. The lowest BCUT2D eigenvalue weighted by molar-refractivity contribution is -0.163. The molecular formula is C22H32O4. The number of carbonyl (C=O) groups excluding carboxylic acids is 1. The lowest BCUT2D eigenvalue weighted by Crippen LogP contribution is -2.54. The summed E-state index contributed by atoms with van der Waals surface area (Å²) in [5, 5.41) is 9.93. The number of carboxylic acids is 1. The standard InChI is InChI=1S/C22H32O4/c1-13(2)16-11-15-7-8-19-21(4,9-6-10-22(19,5)20(24)25)17(15)12-18(16)26-14(3)23/h7,11,13,17-19H,6,8-10,12H2,1-5H3,(H,24,25)/t17-,18?,19-,21-,22-/m1/s1. The second kappa shape index (κ2) is 6.54. The van der Waals surface area contributed by atoms with Gasteiger partial charge in [0.15, 0.2) is 0 Å². The third-order valence-electron chi connectivity index (χ3n) is 7.38. The molecule has 144 valence electrons. The fraction of sp³-hybridized carbons (Fsp3) is 0.727. The number of aliphatic carboxylic acids is 1. The summed E-state index contributed by atoms with van der Waals surface area (Å²) in [5.41, 5.74) is 1.77. The SMILES string of the molecule is CC(=O)OC1C[C@@H]2C(=CC[C@@H]3[C@]2(C)CCC[C@@]3(C)C(=O)O)C=C1C(C)C. The molecule has 4 heteroatoms. The smallest absolute Gasteiger partial charge is 0.309 e. The zero-order chi connectivity index (χ0) is 19.3. The normalized spacial score (nSPS) is 39.4. The first-order valence-corrected chi connectivity index (χ1v) is 9.91. The fourth-order valence-corrected chi connectivity index (χ4v) is 5.95. The maximum absolute atomic E-state index is 12.1. The lowest BCUT2D eigenvalue weighted by atomic mass is 9.46. The van der Waals surface area contributed by atoms with Crippen LogP contribution in [0.4, 0.5) is 0 Å². The highest BCUT2D eigenvalue weighted by Crippen LogP contribution is 2.62. The number of carboxylic acid groups (broad SMARTS) is 1. The molecule has 0 aromatic heterocycles. The highest BCUT2D eigenvalue weighted by atomic mass is 16.5. The van der Waals surface area contributed by atoms with E-state index in [9.17, 15) is 14.7 Å². The van der Waals surface area contributed by atoms with E-state index in [0.29, 0.717) is 5.92 Å². The van der Waals surface area contributed by atoms with Crippen LogP contribution in [0.25, 0.3) is 0 Å². The Morgan fingerprint density at radius 3 is 2.54 bits per heavy atom. The summed E-state index contributed by atoms with van der Waals surface area (Å²) in [6, 6.07) is 0. The van der Waals surface area contributed by atoms with Gasteiger partial charge < -0.3 is 9.84 Å². The van der Waals surface area contributed by atoms with Gasteiger partial charge in [0.25, 0.3) is 0 Å². The van der Waals surface area contributed by atoms with Gasteiger partial charge in [-0.1, -0.05) is 39.3 Å². The van der Waals surface area contributed by atoms with E-state index in [0.717, 1.165) is 32.1 Å². The van der Waals surface area contributed by atoms with E-state index in [2.05, 4.69) is 32.9 Å². The minimum atomic E-state index is -0.673. The summed E-state index contributed by atoms with van der Waals surface area (Å²) in [4.78, 5) is 23.7. The Morgan fingerprint density at radius 1 is 1.27 bits per heavy atom. The summed E-state index contributed by atoms with van der Waals surface area (Å²) in [5.74, 6) is -0.210. The number of allylic oxidation sites excluding steroid dienone is 3. The van der Waals surface area contributed by atoms with Gasteiger partial charge in [0, 0.05) is 6.92 Å². The van der Waals surface area contributed by atoms with Crippen LogP contribution in [0.3, 0.4) is 0 Å². The summed E-state index contributed by atoms with van der Waals surface area (Å²) in [6.07, 6.45) is 8.64. The van der Waals surface area contributed by atoms with Crippen LogP contribution >= 0.6 is 0 Å². The second-order valence-electron chi connectivity index (χ2n) is 9.26. The molecule has 1 unspecified atom stereocenters. The van der Waals surface area contributed by atoms with Crippen molar-refractivity contribution in [3.8, 4) is 0 Å². The van der Waals surface area contributed by atoms with Crippen molar-refractivity contribution in [2.45, 2.75) is 72.8 Å². The highest BCUT2D eigenvalue weighted by Gasteiger charge is 2.58. The summed E-state index contributed by atoms with van der Waals surface area (Å²) in [6.45, 7) is 9.95. The van der Waals surface area contributed by atoms with Crippen molar-refractivity contribution in [2.75, 3.05) is 0 Å². The Bertz CT molecular complexity index is 674.